The van der Waals surface area contributed by atoms with Crippen molar-refractivity contribution in [3.8, 4) is 5.75 Å². The standard InChI is InChI=1S/C13H14N2O2/c16-10-12-9-14-11-15(12)7-4-8-17-13-5-2-1-3-6-13/h1-3,5-6,9-11H,4,7-8H2. The molecule has 4 nitrogen and oxygen atoms in total. The number of imidazole rings is 1. The molecule has 0 bridgehead atoms. The average molecular weight is 230 g/mol. The average Bonchev–Trinajstić information content (AvgIpc) is 2.83. The molecule has 1 heterocycles. The number of carbonyl (C=O) groups excluding carboxylic acids is 1. The minimum Gasteiger partial charge on any atom is -0.494 e. The van der Waals surface area contributed by atoms with Crippen molar-refractivity contribution in [3.05, 3.63) is 48.5 Å². The minimum absolute atomic E-state index is 0.602. The second kappa shape index (κ2) is 5.84. The number of ether oxygens (including phenoxy) is 1. The van der Waals surface area contributed by atoms with E-state index in [-0.39, 0.29) is 0 Å². The zero-order valence-electron chi connectivity index (χ0n) is 9.45. The third-order valence-electron chi connectivity index (χ3n) is 2.42. The number of rotatable bonds is 6. The van der Waals surface area contributed by atoms with Gasteiger partial charge in [0.25, 0.3) is 0 Å². The molecule has 17 heavy (non-hydrogen) atoms. The smallest absolute Gasteiger partial charge is 0.168 e. The van der Waals surface area contributed by atoms with E-state index in [4.69, 9.17) is 4.74 Å². The van der Waals surface area contributed by atoms with Crippen LogP contribution in [0.5, 0.6) is 5.75 Å². The van der Waals surface area contributed by atoms with E-state index in [0.717, 1.165) is 25.0 Å². The van der Waals surface area contributed by atoms with Crippen LogP contribution >= 0.6 is 0 Å². The highest BCUT2D eigenvalue weighted by molar-refractivity contribution is 5.71. The quantitative estimate of drug-likeness (QED) is 0.564. The van der Waals surface area contributed by atoms with Crippen LogP contribution in [-0.2, 0) is 6.54 Å². The lowest BCUT2D eigenvalue weighted by Gasteiger charge is -2.07. The van der Waals surface area contributed by atoms with Gasteiger partial charge in [-0.05, 0) is 18.6 Å². The second-order valence-electron chi connectivity index (χ2n) is 3.64. The number of carbonyl (C=O) groups is 1. The molecule has 0 aliphatic rings. The topological polar surface area (TPSA) is 44.1 Å². The van der Waals surface area contributed by atoms with Crippen molar-refractivity contribution in [3.63, 3.8) is 0 Å². The molecular formula is C13H14N2O2. The monoisotopic (exact) mass is 230 g/mol. The molecule has 1 aromatic heterocycles. The van der Waals surface area contributed by atoms with Crippen molar-refractivity contribution in [2.45, 2.75) is 13.0 Å². The summed E-state index contributed by atoms with van der Waals surface area (Å²) in [5.74, 6) is 0.869. The molecule has 0 N–H and O–H groups in total. The lowest BCUT2D eigenvalue weighted by atomic mass is 10.3. The molecule has 2 rings (SSSR count). The van der Waals surface area contributed by atoms with E-state index in [1.54, 1.807) is 12.5 Å². The van der Waals surface area contributed by atoms with Gasteiger partial charge in [0, 0.05) is 6.54 Å². The minimum atomic E-state index is 0.602. The summed E-state index contributed by atoms with van der Waals surface area (Å²) in [5.41, 5.74) is 0.602. The van der Waals surface area contributed by atoms with Gasteiger partial charge >= 0.3 is 0 Å². The summed E-state index contributed by atoms with van der Waals surface area (Å²) < 4.78 is 7.38. The first-order valence-electron chi connectivity index (χ1n) is 5.53. The molecular weight excluding hydrogens is 216 g/mol. The number of para-hydroxylation sites is 1. The molecule has 0 saturated heterocycles. The SMILES string of the molecule is O=Cc1cncn1CCCOc1ccccc1. The third kappa shape index (κ3) is 3.17. The summed E-state index contributed by atoms with van der Waals surface area (Å²) in [6, 6.07) is 9.68. The molecule has 0 aliphatic heterocycles. The lowest BCUT2D eigenvalue weighted by molar-refractivity contribution is 0.111. The van der Waals surface area contributed by atoms with E-state index in [0.29, 0.717) is 12.3 Å². The second-order valence-corrected chi connectivity index (χ2v) is 3.64. The molecule has 4 heteroatoms. The highest BCUT2D eigenvalue weighted by Gasteiger charge is 1.99. The van der Waals surface area contributed by atoms with Gasteiger partial charge in [-0.3, -0.25) is 4.79 Å². The van der Waals surface area contributed by atoms with E-state index in [9.17, 15) is 4.79 Å². The summed E-state index contributed by atoms with van der Waals surface area (Å²) in [6.07, 6.45) is 4.87. The van der Waals surface area contributed by atoms with Crippen LogP contribution in [0.4, 0.5) is 0 Å². The fourth-order valence-corrected chi connectivity index (χ4v) is 1.56. The molecule has 0 amide bonds. The van der Waals surface area contributed by atoms with E-state index in [2.05, 4.69) is 4.98 Å². The first-order chi connectivity index (χ1) is 8.40. The lowest BCUT2D eigenvalue weighted by Crippen LogP contribution is -2.06. The van der Waals surface area contributed by atoms with Gasteiger partial charge in [-0.2, -0.15) is 0 Å². The zero-order valence-corrected chi connectivity index (χ0v) is 9.45. The van der Waals surface area contributed by atoms with Crippen molar-refractivity contribution in [2.24, 2.45) is 0 Å². The Labute approximate surface area is 99.9 Å². The normalized spacial score (nSPS) is 10.1. The van der Waals surface area contributed by atoms with Crippen molar-refractivity contribution < 1.29 is 9.53 Å². The van der Waals surface area contributed by atoms with Gasteiger partial charge < -0.3 is 9.30 Å². The molecule has 0 atom stereocenters. The molecule has 0 fully saturated rings. The molecule has 0 aliphatic carbocycles. The van der Waals surface area contributed by atoms with Gasteiger partial charge in [-0.15, -0.1) is 0 Å². The van der Waals surface area contributed by atoms with Gasteiger partial charge in [0.15, 0.2) is 6.29 Å². The van der Waals surface area contributed by atoms with Crippen molar-refractivity contribution in [1.29, 1.82) is 0 Å². The summed E-state index contributed by atoms with van der Waals surface area (Å²) >= 11 is 0. The van der Waals surface area contributed by atoms with Crippen LogP contribution < -0.4 is 4.74 Å². The van der Waals surface area contributed by atoms with E-state index < -0.39 is 0 Å². The maximum Gasteiger partial charge on any atom is 0.168 e. The third-order valence-corrected chi connectivity index (χ3v) is 2.42. The molecule has 88 valence electrons. The van der Waals surface area contributed by atoms with Crippen LogP contribution in [0.3, 0.4) is 0 Å². The van der Waals surface area contributed by atoms with E-state index in [1.165, 1.54) is 0 Å². The number of hydrogen-bond acceptors (Lipinski definition) is 3. The Morgan fingerprint density at radius 1 is 1.29 bits per heavy atom. The summed E-state index contributed by atoms with van der Waals surface area (Å²) in [7, 11) is 0. The maximum absolute atomic E-state index is 10.7. The largest absolute Gasteiger partial charge is 0.494 e. The molecule has 2 aromatic rings. The number of hydrogen-bond donors (Lipinski definition) is 0. The predicted molar refractivity (Wildman–Crippen MR) is 64.2 cm³/mol. The van der Waals surface area contributed by atoms with E-state index in [1.807, 2.05) is 34.9 Å². The van der Waals surface area contributed by atoms with Crippen LogP contribution in [-0.4, -0.2) is 22.4 Å². The number of aryl methyl sites for hydroxylation is 1. The first kappa shape index (κ1) is 11.4. The van der Waals surface area contributed by atoms with Crippen LogP contribution in [0.25, 0.3) is 0 Å². The summed E-state index contributed by atoms with van der Waals surface area (Å²) in [6.45, 7) is 1.36. The Morgan fingerprint density at radius 3 is 2.88 bits per heavy atom. The molecule has 1 aromatic carbocycles. The summed E-state index contributed by atoms with van der Waals surface area (Å²) in [4.78, 5) is 14.6. The molecule has 0 spiro atoms. The van der Waals surface area contributed by atoms with Crippen LogP contribution in [0.1, 0.15) is 16.9 Å². The van der Waals surface area contributed by atoms with Crippen LogP contribution in [0, 0.1) is 0 Å². The Hall–Kier alpha value is -2.10. The summed E-state index contributed by atoms with van der Waals surface area (Å²) in [5, 5.41) is 0. The van der Waals surface area contributed by atoms with Crippen molar-refractivity contribution >= 4 is 6.29 Å². The highest BCUT2D eigenvalue weighted by Crippen LogP contribution is 2.08. The molecule has 0 radical (unpaired) electrons. The van der Waals surface area contributed by atoms with Gasteiger partial charge in [0.05, 0.1) is 19.1 Å². The number of nitrogens with zero attached hydrogens (tertiary/aromatic N) is 2. The Bertz CT molecular complexity index is 465. The van der Waals surface area contributed by atoms with E-state index >= 15 is 0 Å². The van der Waals surface area contributed by atoms with Crippen LogP contribution in [0.2, 0.25) is 0 Å². The van der Waals surface area contributed by atoms with Gasteiger partial charge in [-0.25, -0.2) is 4.98 Å². The predicted octanol–water partition coefficient (Wildman–Crippen LogP) is 2.16. The highest BCUT2D eigenvalue weighted by atomic mass is 16.5. The van der Waals surface area contributed by atoms with Crippen LogP contribution in [0.15, 0.2) is 42.9 Å². The Balaban J connectivity index is 1.75. The first-order valence-corrected chi connectivity index (χ1v) is 5.53. The molecule has 0 unspecified atom stereocenters. The number of benzene rings is 1. The Kier molecular flexibility index (Phi) is 3.91. The fourth-order valence-electron chi connectivity index (χ4n) is 1.56. The van der Waals surface area contributed by atoms with Crippen molar-refractivity contribution in [1.82, 2.24) is 9.55 Å². The molecule has 0 saturated carbocycles. The van der Waals surface area contributed by atoms with Gasteiger partial charge in [-0.1, -0.05) is 18.2 Å². The maximum atomic E-state index is 10.7. The zero-order chi connectivity index (χ0) is 11.9. The fraction of sp³-hybridized carbons (Fsp3) is 0.231. The van der Waals surface area contributed by atoms with Gasteiger partial charge in [0.2, 0.25) is 0 Å². The van der Waals surface area contributed by atoms with Gasteiger partial charge in [0.1, 0.15) is 11.4 Å². The Morgan fingerprint density at radius 2 is 2.12 bits per heavy atom. The number of aromatic nitrogens is 2. The number of aldehydes is 1. The van der Waals surface area contributed by atoms with Crippen molar-refractivity contribution in [2.75, 3.05) is 6.61 Å².